The van der Waals surface area contributed by atoms with Crippen molar-refractivity contribution in [3.63, 3.8) is 0 Å². The highest BCUT2D eigenvalue weighted by atomic mass is 16.7. The minimum absolute atomic E-state index is 0.0345. The smallest absolute Gasteiger partial charge is 0.316 e. The van der Waals surface area contributed by atoms with Crippen LogP contribution in [0.25, 0.3) is 0 Å². The predicted octanol–water partition coefficient (Wildman–Crippen LogP) is 2.87. The third kappa shape index (κ3) is 6.00. The molecule has 1 spiro atoms. The van der Waals surface area contributed by atoms with E-state index in [-0.39, 0.29) is 42.8 Å². The normalized spacial score (nSPS) is 43.6. The average Bonchev–Trinajstić information content (AvgIpc) is 3.28. The summed E-state index contributed by atoms with van der Waals surface area (Å²) < 4.78 is 25.2. The van der Waals surface area contributed by atoms with E-state index >= 15 is 0 Å². The molecule has 5 aliphatic rings. The number of aliphatic hydroxyl groups is 4. The van der Waals surface area contributed by atoms with Crippen molar-refractivity contribution in [3.8, 4) is 0 Å². The standard InChI is InChI=1S/C32H46O9/c1-4-27-21(16-33)10-11-31(41-27)15-25-14-24(40-31)9-8-20(3)12-19(2)6-5-7-23-18-38-29-28(35)22(17-34)13-26(30(36)39-25)32(23,29)37/h5-8,13,19,21,24-29,33-35,37H,4,9-12,14-18H2,1-3H3. The number of carbonyl (C=O) groups is 1. The molecule has 4 heterocycles. The summed E-state index contributed by atoms with van der Waals surface area (Å²) in [6.45, 7) is 5.89. The van der Waals surface area contributed by atoms with Crippen LogP contribution in [-0.4, -0.2) is 88.1 Å². The molecule has 0 aromatic rings. The second-order valence-corrected chi connectivity index (χ2v) is 12.6. The maximum Gasteiger partial charge on any atom is 0.316 e. The molecular weight excluding hydrogens is 528 g/mol. The maximum absolute atomic E-state index is 13.9. The van der Waals surface area contributed by atoms with Crippen LogP contribution >= 0.6 is 0 Å². The Hall–Kier alpha value is -1.85. The lowest BCUT2D eigenvalue weighted by molar-refractivity contribution is -0.337. The molecule has 0 radical (unpaired) electrons. The molecule has 228 valence electrons. The van der Waals surface area contributed by atoms with Crippen LogP contribution in [0.4, 0.5) is 0 Å². The first-order valence-electron chi connectivity index (χ1n) is 15.2. The van der Waals surface area contributed by atoms with Gasteiger partial charge in [-0.25, -0.2) is 0 Å². The van der Waals surface area contributed by atoms with Gasteiger partial charge in [-0.05, 0) is 49.7 Å². The summed E-state index contributed by atoms with van der Waals surface area (Å²) in [6.07, 6.45) is 10.4. The Bertz CT molecular complexity index is 1090. The lowest BCUT2D eigenvalue weighted by atomic mass is 9.70. The van der Waals surface area contributed by atoms with Crippen molar-refractivity contribution in [1.29, 1.82) is 0 Å². The minimum Gasteiger partial charge on any atom is -0.462 e. The van der Waals surface area contributed by atoms with Gasteiger partial charge in [-0.3, -0.25) is 4.79 Å². The molecule has 9 nitrogen and oxygen atoms in total. The van der Waals surface area contributed by atoms with Crippen molar-refractivity contribution < 1.29 is 44.2 Å². The first-order valence-corrected chi connectivity index (χ1v) is 15.2. The number of esters is 1. The van der Waals surface area contributed by atoms with E-state index in [1.165, 1.54) is 11.6 Å². The van der Waals surface area contributed by atoms with Crippen molar-refractivity contribution in [1.82, 2.24) is 0 Å². The number of carbonyl (C=O) groups excluding carboxylic acids is 1. The fraction of sp³-hybridized carbons (Fsp3) is 0.719. The van der Waals surface area contributed by atoms with Crippen LogP contribution in [-0.2, 0) is 23.7 Å². The van der Waals surface area contributed by atoms with Gasteiger partial charge in [0.1, 0.15) is 29.8 Å². The largest absolute Gasteiger partial charge is 0.462 e. The third-order valence-corrected chi connectivity index (χ3v) is 9.59. The molecule has 10 unspecified atom stereocenters. The van der Waals surface area contributed by atoms with Gasteiger partial charge in [0.2, 0.25) is 0 Å². The van der Waals surface area contributed by atoms with E-state index in [2.05, 4.69) is 26.0 Å². The van der Waals surface area contributed by atoms with Gasteiger partial charge in [0.05, 0.1) is 25.4 Å². The van der Waals surface area contributed by atoms with Gasteiger partial charge in [0.15, 0.2) is 5.79 Å². The summed E-state index contributed by atoms with van der Waals surface area (Å²) in [5.74, 6) is -2.47. The van der Waals surface area contributed by atoms with Crippen molar-refractivity contribution in [2.45, 2.75) is 108 Å². The maximum atomic E-state index is 13.9. The quantitative estimate of drug-likeness (QED) is 0.296. The second-order valence-electron chi connectivity index (χ2n) is 12.6. The van der Waals surface area contributed by atoms with E-state index in [0.29, 0.717) is 31.3 Å². The van der Waals surface area contributed by atoms with Gasteiger partial charge in [-0.2, -0.15) is 0 Å². The summed E-state index contributed by atoms with van der Waals surface area (Å²) in [7, 11) is 0. The van der Waals surface area contributed by atoms with Gasteiger partial charge >= 0.3 is 5.97 Å². The molecule has 0 saturated carbocycles. The minimum atomic E-state index is -1.82. The molecule has 4 N–H and O–H groups in total. The van der Waals surface area contributed by atoms with Crippen LogP contribution in [0.1, 0.15) is 65.7 Å². The molecule has 0 amide bonds. The number of hydrogen-bond acceptors (Lipinski definition) is 9. The zero-order valence-electron chi connectivity index (χ0n) is 24.4. The van der Waals surface area contributed by atoms with Gasteiger partial charge in [-0.1, -0.05) is 49.8 Å². The predicted molar refractivity (Wildman–Crippen MR) is 150 cm³/mol. The molecule has 10 atom stereocenters. The van der Waals surface area contributed by atoms with Crippen LogP contribution < -0.4 is 0 Å². The fourth-order valence-corrected chi connectivity index (χ4v) is 7.36. The molecule has 9 heteroatoms. The molecule has 5 rings (SSSR count). The Labute approximate surface area is 242 Å². The molecule has 0 aromatic heterocycles. The molecule has 1 aliphatic carbocycles. The number of fused-ring (bicyclic) bond motifs is 2. The topological polar surface area (TPSA) is 135 Å². The van der Waals surface area contributed by atoms with Gasteiger partial charge < -0.3 is 39.4 Å². The first kappa shape index (κ1) is 30.6. The highest BCUT2D eigenvalue weighted by Gasteiger charge is 2.60. The van der Waals surface area contributed by atoms with Crippen molar-refractivity contribution in [2.75, 3.05) is 19.8 Å². The monoisotopic (exact) mass is 574 g/mol. The Morgan fingerprint density at radius 3 is 2.71 bits per heavy atom. The summed E-state index contributed by atoms with van der Waals surface area (Å²) in [5.41, 5.74) is 0.119. The van der Waals surface area contributed by atoms with E-state index in [0.717, 1.165) is 19.3 Å². The molecule has 0 aromatic carbocycles. The Kier molecular flexibility index (Phi) is 9.26. The van der Waals surface area contributed by atoms with E-state index in [1.807, 2.05) is 13.0 Å². The van der Waals surface area contributed by atoms with Crippen LogP contribution in [0.3, 0.4) is 0 Å². The fourth-order valence-electron chi connectivity index (χ4n) is 7.36. The van der Waals surface area contributed by atoms with Gasteiger partial charge in [0, 0.05) is 31.8 Å². The number of hydrogen-bond donors (Lipinski definition) is 4. The Morgan fingerprint density at radius 2 is 1.98 bits per heavy atom. The van der Waals surface area contributed by atoms with Crippen LogP contribution in [0, 0.1) is 17.8 Å². The highest BCUT2D eigenvalue weighted by molar-refractivity contribution is 5.78. The molecular formula is C32H46O9. The first-order chi connectivity index (χ1) is 19.6. The summed E-state index contributed by atoms with van der Waals surface area (Å²) >= 11 is 0. The van der Waals surface area contributed by atoms with E-state index in [1.54, 1.807) is 6.08 Å². The number of rotatable bonds is 3. The van der Waals surface area contributed by atoms with Crippen molar-refractivity contribution >= 4 is 5.97 Å². The van der Waals surface area contributed by atoms with Gasteiger partial charge in [0.25, 0.3) is 0 Å². The molecule has 41 heavy (non-hydrogen) atoms. The number of allylic oxidation sites excluding steroid dienone is 4. The van der Waals surface area contributed by atoms with Crippen LogP contribution in [0.15, 0.2) is 47.1 Å². The number of aliphatic hydroxyl groups excluding tert-OH is 3. The van der Waals surface area contributed by atoms with E-state index < -0.39 is 48.2 Å². The zero-order valence-corrected chi connectivity index (χ0v) is 24.4. The van der Waals surface area contributed by atoms with E-state index in [4.69, 9.17) is 18.9 Å². The second kappa shape index (κ2) is 12.4. The SMILES string of the molecule is CCC1OC2(CCC1CO)CC1CC(CC=C(C)CC(C)C=CC=C3COC4C(O)C(CO)=CC(C(=O)O1)C34O)O2. The molecule has 4 aliphatic heterocycles. The van der Waals surface area contributed by atoms with Crippen LogP contribution in [0.2, 0.25) is 0 Å². The van der Waals surface area contributed by atoms with Crippen LogP contribution in [0.5, 0.6) is 0 Å². The average molecular weight is 575 g/mol. The molecule has 2 bridgehead atoms. The molecule has 3 fully saturated rings. The third-order valence-electron chi connectivity index (χ3n) is 9.59. The lowest BCUT2D eigenvalue weighted by Crippen LogP contribution is -2.58. The summed E-state index contributed by atoms with van der Waals surface area (Å²) in [6, 6.07) is 0. The van der Waals surface area contributed by atoms with Crippen molar-refractivity contribution in [2.24, 2.45) is 17.8 Å². The Morgan fingerprint density at radius 1 is 1.17 bits per heavy atom. The zero-order chi connectivity index (χ0) is 29.4. The lowest BCUT2D eigenvalue weighted by Gasteiger charge is -2.50. The molecule has 3 saturated heterocycles. The van der Waals surface area contributed by atoms with Crippen molar-refractivity contribution in [3.05, 3.63) is 47.1 Å². The van der Waals surface area contributed by atoms with Gasteiger partial charge in [-0.15, -0.1) is 0 Å². The van der Waals surface area contributed by atoms with E-state index in [9.17, 15) is 25.2 Å². The highest BCUT2D eigenvalue weighted by Crippen LogP contribution is 2.47. The summed E-state index contributed by atoms with van der Waals surface area (Å²) in [4.78, 5) is 13.9. The summed E-state index contributed by atoms with van der Waals surface area (Å²) in [5, 5.41) is 42.8. The number of ether oxygens (including phenoxy) is 4. The Balaban J connectivity index is 1.51.